The standard InChI is InChI=1S/C20H20FN3O5S/c1-15-5-7-18(24(26)27)14-19(15)30(28,29)23-11-9-22(10-12-23)20(25)8-6-16-3-2-4-17(21)13-16/h2-8,13-14H,9-12H2,1H3/b8-6+. The summed E-state index contributed by atoms with van der Waals surface area (Å²) >= 11 is 0. The number of non-ortho nitro benzene ring substituents is 1. The van der Waals surface area contributed by atoms with Crippen LogP contribution in [0.3, 0.4) is 0 Å². The molecule has 10 heteroatoms. The topological polar surface area (TPSA) is 101 Å². The molecule has 0 unspecified atom stereocenters. The number of nitrogens with zero attached hydrogens (tertiary/aromatic N) is 3. The fourth-order valence-electron chi connectivity index (χ4n) is 3.15. The average Bonchev–Trinajstić information content (AvgIpc) is 2.72. The number of carbonyl (C=O) groups is 1. The molecule has 1 aliphatic heterocycles. The molecule has 2 aromatic rings. The Kier molecular flexibility index (Phi) is 6.28. The Bertz CT molecular complexity index is 1110. The maximum absolute atomic E-state index is 13.2. The van der Waals surface area contributed by atoms with Crippen molar-refractivity contribution in [1.82, 2.24) is 9.21 Å². The fraction of sp³-hybridized carbons (Fsp3) is 0.250. The largest absolute Gasteiger partial charge is 0.337 e. The van der Waals surface area contributed by atoms with Gasteiger partial charge in [0.2, 0.25) is 15.9 Å². The van der Waals surface area contributed by atoms with Crippen molar-refractivity contribution in [3.8, 4) is 0 Å². The summed E-state index contributed by atoms with van der Waals surface area (Å²) in [5, 5.41) is 11.0. The summed E-state index contributed by atoms with van der Waals surface area (Å²) in [6, 6.07) is 9.54. The van der Waals surface area contributed by atoms with Crippen molar-refractivity contribution in [2.24, 2.45) is 0 Å². The van der Waals surface area contributed by atoms with E-state index >= 15 is 0 Å². The average molecular weight is 433 g/mol. The molecule has 1 aliphatic rings. The molecule has 0 bridgehead atoms. The number of aryl methyl sites for hydroxylation is 1. The minimum absolute atomic E-state index is 0.0734. The molecular weight excluding hydrogens is 413 g/mol. The van der Waals surface area contributed by atoms with Gasteiger partial charge in [0.05, 0.1) is 9.82 Å². The van der Waals surface area contributed by atoms with E-state index in [1.165, 1.54) is 45.6 Å². The van der Waals surface area contributed by atoms with E-state index in [-0.39, 0.29) is 42.7 Å². The molecule has 3 rings (SSSR count). The van der Waals surface area contributed by atoms with Crippen LogP contribution in [0.25, 0.3) is 6.08 Å². The number of rotatable bonds is 5. The molecule has 1 heterocycles. The first-order valence-corrected chi connectivity index (χ1v) is 10.6. The van der Waals surface area contributed by atoms with E-state index < -0.39 is 20.8 Å². The zero-order valence-electron chi connectivity index (χ0n) is 16.2. The Morgan fingerprint density at radius 1 is 1.13 bits per heavy atom. The first-order chi connectivity index (χ1) is 14.2. The normalized spacial score (nSPS) is 15.5. The Balaban J connectivity index is 1.68. The number of amides is 1. The highest BCUT2D eigenvalue weighted by Crippen LogP contribution is 2.25. The van der Waals surface area contributed by atoms with Crippen LogP contribution in [0.1, 0.15) is 11.1 Å². The third-order valence-electron chi connectivity index (χ3n) is 4.82. The number of nitro groups is 1. The van der Waals surface area contributed by atoms with E-state index in [9.17, 15) is 27.7 Å². The molecular formula is C20H20FN3O5S. The van der Waals surface area contributed by atoms with E-state index in [0.29, 0.717) is 11.1 Å². The van der Waals surface area contributed by atoms with Crippen LogP contribution in [0.4, 0.5) is 10.1 Å². The molecule has 0 atom stereocenters. The number of hydrogen-bond donors (Lipinski definition) is 0. The number of sulfonamides is 1. The highest BCUT2D eigenvalue weighted by molar-refractivity contribution is 7.89. The Labute approximate surface area is 173 Å². The van der Waals surface area contributed by atoms with Crippen LogP contribution in [0, 0.1) is 22.9 Å². The number of carbonyl (C=O) groups excluding carboxylic acids is 1. The van der Waals surface area contributed by atoms with E-state index in [2.05, 4.69) is 0 Å². The maximum atomic E-state index is 13.2. The smallest absolute Gasteiger partial charge is 0.270 e. The Morgan fingerprint density at radius 3 is 2.47 bits per heavy atom. The van der Waals surface area contributed by atoms with Crippen LogP contribution in [0.2, 0.25) is 0 Å². The van der Waals surface area contributed by atoms with Crippen molar-refractivity contribution in [1.29, 1.82) is 0 Å². The van der Waals surface area contributed by atoms with Gasteiger partial charge in [-0.2, -0.15) is 4.31 Å². The van der Waals surface area contributed by atoms with Gasteiger partial charge in [-0.1, -0.05) is 18.2 Å². The van der Waals surface area contributed by atoms with Crippen LogP contribution in [-0.2, 0) is 14.8 Å². The molecule has 0 spiro atoms. The SMILES string of the molecule is Cc1ccc([N+](=O)[O-])cc1S(=O)(=O)N1CCN(C(=O)/C=C/c2cccc(F)c2)CC1. The third-order valence-corrected chi connectivity index (χ3v) is 6.86. The van der Waals surface area contributed by atoms with Gasteiger partial charge in [0.1, 0.15) is 5.82 Å². The lowest BCUT2D eigenvalue weighted by Crippen LogP contribution is -2.50. The molecule has 0 N–H and O–H groups in total. The highest BCUT2D eigenvalue weighted by Gasteiger charge is 2.31. The van der Waals surface area contributed by atoms with Crippen LogP contribution in [0.15, 0.2) is 53.4 Å². The van der Waals surface area contributed by atoms with Crippen LogP contribution < -0.4 is 0 Å². The molecule has 2 aromatic carbocycles. The van der Waals surface area contributed by atoms with E-state index in [1.807, 2.05) is 0 Å². The lowest BCUT2D eigenvalue weighted by atomic mass is 10.2. The summed E-state index contributed by atoms with van der Waals surface area (Å²) in [6.07, 6.45) is 2.82. The van der Waals surface area contributed by atoms with E-state index in [1.54, 1.807) is 19.1 Å². The van der Waals surface area contributed by atoms with E-state index in [0.717, 1.165) is 6.07 Å². The zero-order valence-corrected chi connectivity index (χ0v) is 17.0. The lowest BCUT2D eigenvalue weighted by molar-refractivity contribution is -0.385. The summed E-state index contributed by atoms with van der Waals surface area (Å²) in [5.41, 5.74) is 0.665. The van der Waals surface area contributed by atoms with Gasteiger partial charge in [-0.3, -0.25) is 14.9 Å². The monoisotopic (exact) mass is 433 g/mol. The number of hydrogen-bond acceptors (Lipinski definition) is 5. The quantitative estimate of drug-likeness (QED) is 0.410. The molecule has 0 saturated carbocycles. The second kappa shape index (κ2) is 8.72. The minimum atomic E-state index is -3.93. The zero-order chi connectivity index (χ0) is 21.9. The summed E-state index contributed by atoms with van der Waals surface area (Å²) in [7, 11) is -3.93. The summed E-state index contributed by atoms with van der Waals surface area (Å²) < 4.78 is 40.3. The van der Waals surface area contributed by atoms with Gasteiger partial charge in [-0.25, -0.2) is 12.8 Å². The summed E-state index contributed by atoms with van der Waals surface area (Å²) in [6.45, 7) is 2.08. The van der Waals surface area contributed by atoms with Crippen molar-refractivity contribution in [2.75, 3.05) is 26.2 Å². The van der Waals surface area contributed by atoms with Crippen molar-refractivity contribution < 1.29 is 22.5 Å². The van der Waals surface area contributed by atoms with Gasteiger partial charge in [-0.05, 0) is 36.3 Å². The number of halogens is 1. The fourth-order valence-corrected chi connectivity index (χ4v) is 4.82. The molecule has 0 radical (unpaired) electrons. The first-order valence-electron chi connectivity index (χ1n) is 9.16. The van der Waals surface area contributed by atoms with Crippen molar-refractivity contribution >= 4 is 27.7 Å². The summed E-state index contributed by atoms with van der Waals surface area (Å²) in [4.78, 5) is 24.1. The van der Waals surface area contributed by atoms with Gasteiger partial charge in [0.15, 0.2) is 0 Å². The van der Waals surface area contributed by atoms with Crippen molar-refractivity contribution in [3.05, 3.63) is 75.6 Å². The molecule has 30 heavy (non-hydrogen) atoms. The Morgan fingerprint density at radius 2 is 1.83 bits per heavy atom. The van der Waals surface area contributed by atoms with Crippen LogP contribution >= 0.6 is 0 Å². The highest BCUT2D eigenvalue weighted by atomic mass is 32.2. The van der Waals surface area contributed by atoms with Crippen molar-refractivity contribution in [3.63, 3.8) is 0 Å². The van der Waals surface area contributed by atoms with Gasteiger partial charge >= 0.3 is 0 Å². The maximum Gasteiger partial charge on any atom is 0.270 e. The van der Waals surface area contributed by atoms with Gasteiger partial charge in [0.25, 0.3) is 5.69 Å². The molecule has 1 fully saturated rings. The predicted octanol–water partition coefficient (Wildman–Crippen LogP) is 2.59. The lowest BCUT2D eigenvalue weighted by Gasteiger charge is -2.33. The third kappa shape index (κ3) is 4.71. The second-order valence-corrected chi connectivity index (χ2v) is 8.73. The number of benzene rings is 2. The van der Waals surface area contributed by atoms with Crippen LogP contribution in [-0.4, -0.2) is 54.6 Å². The van der Waals surface area contributed by atoms with Gasteiger partial charge in [0, 0.05) is 44.4 Å². The van der Waals surface area contributed by atoms with Crippen molar-refractivity contribution in [2.45, 2.75) is 11.8 Å². The number of nitro benzene ring substituents is 1. The minimum Gasteiger partial charge on any atom is -0.337 e. The van der Waals surface area contributed by atoms with Crippen LogP contribution in [0.5, 0.6) is 0 Å². The molecule has 158 valence electrons. The van der Waals surface area contributed by atoms with Gasteiger partial charge < -0.3 is 4.90 Å². The number of piperazine rings is 1. The second-order valence-electron chi connectivity index (χ2n) is 6.82. The predicted molar refractivity (Wildman–Crippen MR) is 109 cm³/mol. The molecule has 0 aromatic heterocycles. The first kappa shape index (κ1) is 21.6. The summed E-state index contributed by atoms with van der Waals surface area (Å²) in [5.74, 6) is -0.706. The molecule has 1 amide bonds. The van der Waals surface area contributed by atoms with E-state index in [4.69, 9.17) is 0 Å². The molecule has 1 saturated heterocycles. The molecule has 0 aliphatic carbocycles. The molecule has 8 nitrogen and oxygen atoms in total. The van der Waals surface area contributed by atoms with Gasteiger partial charge in [-0.15, -0.1) is 0 Å². The Hall–Kier alpha value is -3.11.